The van der Waals surface area contributed by atoms with Crippen LogP contribution in [0.3, 0.4) is 0 Å². The van der Waals surface area contributed by atoms with Gasteiger partial charge in [0, 0.05) is 0 Å². The van der Waals surface area contributed by atoms with Crippen molar-refractivity contribution in [2.24, 2.45) is 0 Å². The Morgan fingerprint density at radius 2 is 1.70 bits per heavy atom. The lowest BCUT2D eigenvalue weighted by molar-refractivity contribution is -0.123. The van der Waals surface area contributed by atoms with Crippen LogP contribution in [-0.2, 0) is 4.79 Å². The molecule has 1 saturated heterocycles. The number of imide groups is 1. The molecule has 0 aliphatic carbocycles. The Morgan fingerprint density at radius 3 is 2.41 bits per heavy atom. The van der Waals surface area contributed by atoms with Crippen molar-refractivity contribution in [2.75, 3.05) is 27.4 Å². The Bertz CT molecular complexity index is 1350. The zero-order valence-electron chi connectivity index (χ0n) is 20.6. The van der Waals surface area contributed by atoms with Crippen molar-refractivity contribution in [3.63, 3.8) is 0 Å². The molecule has 190 valence electrons. The van der Waals surface area contributed by atoms with Gasteiger partial charge in [-0.3, -0.25) is 14.5 Å². The minimum atomic E-state index is -0.553. The van der Waals surface area contributed by atoms with Crippen molar-refractivity contribution in [2.45, 2.75) is 6.92 Å². The largest absolute Gasteiger partial charge is 0.497 e. The maximum atomic E-state index is 12.8. The van der Waals surface area contributed by atoms with Crippen molar-refractivity contribution >= 4 is 35.0 Å². The van der Waals surface area contributed by atoms with Gasteiger partial charge in [-0.1, -0.05) is 18.2 Å². The van der Waals surface area contributed by atoms with Gasteiger partial charge in [-0.05, 0) is 84.4 Å². The number of nitrogens with zero attached hydrogens (tertiary/aromatic N) is 1. The Hall–Kier alpha value is -4.24. The predicted molar refractivity (Wildman–Crippen MR) is 140 cm³/mol. The normalized spacial score (nSPS) is 14.1. The molecule has 1 aliphatic rings. The molecular formula is C28H25NO7S. The Balaban J connectivity index is 1.41. The molecule has 0 atom stereocenters. The third-order valence-electron chi connectivity index (χ3n) is 5.46. The van der Waals surface area contributed by atoms with E-state index in [2.05, 4.69) is 0 Å². The van der Waals surface area contributed by atoms with E-state index >= 15 is 0 Å². The van der Waals surface area contributed by atoms with Crippen LogP contribution in [0.5, 0.6) is 23.0 Å². The van der Waals surface area contributed by atoms with Crippen molar-refractivity contribution in [3.8, 4) is 23.0 Å². The lowest BCUT2D eigenvalue weighted by Crippen LogP contribution is -2.32. The molecule has 0 unspecified atom stereocenters. The van der Waals surface area contributed by atoms with Crippen LogP contribution in [0.1, 0.15) is 21.5 Å². The van der Waals surface area contributed by atoms with Gasteiger partial charge < -0.3 is 18.9 Å². The second-order valence-electron chi connectivity index (χ2n) is 8.03. The van der Waals surface area contributed by atoms with Crippen LogP contribution in [0.2, 0.25) is 0 Å². The van der Waals surface area contributed by atoms with E-state index in [0.717, 1.165) is 22.2 Å². The maximum Gasteiger partial charge on any atom is 0.343 e. The molecule has 37 heavy (non-hydrogen) atoms. The number of methoxy groups -OCH3 is 2. The summed E-state index contributed by atoms with van der Waals surface area (Å²) in [5.74, 6) is 0.895. The van der Waals surface area contributed by atoms with Crippen LogP contribution in [0.15, 0.2) is 71.6 Å². The van der Waals surface area contributed by atoms with Gasteiger partial charge in [0.1, 0.15) is 18.1 Å². The van der Waals surface area contributed by atoms with Crippen LogP contribution >= 0.6 is 11.8 Å². The van der Waals surface area contributed by atoms with E-state index in [4.69, 9.17) is 18.9 Å². The number of hydrogen-bond acceptors (Lipinski definition) is 8. The first-order valence-electron chi connectivity index (χ1n) is 11.4. The Kier molecular flexibility index (Phi) is 8.15. The summed E-state index contributed by atoms with van der Waals surface area (Å²) >= 11 is 0.860. The van der Waals surface area contributed by atoms with Gasteiger partial charge in [0.25, 0.3) is 11.1 Å². The van der Waals surface area contributed by atoms with Crippen LogP contribution in [0.4, 0.5) is 4.79 Å². The summed E-state index contributed by atoms with van der Waals surface area (Å²) in [5, 5.41) is -0.360. The van der Waals surface area contributed by atoms with Gasteiger partial charge in [-0.15, -0.1) is 0 Å². The molecule has 0 saturated carbocycles. The zero-order chi connectivity index (χ0) is 26.4. The number of carbonyl (C=O) groups is 3. The number of thioether (sulfide) groups is 1. The number of ether oxygens (including phenoxy) is 4. The topological polar surface area (TPSA) is 91.4 Å². The first-order valence-corrected chi connectivity index (χ1v) is 12.2. The summed E-state index contributed by atoms with van der Waals surface area (Å²) < 4.78 is 21.7. The molecule has 2 amide bonds. The van der Waals surface area contributed by atoms with Crippen molar-refractivity contribution in [1.29, 1.82) is 0 Å². The SMILES string of the molecule is COc1ccc(C(=O)Oc2ccc(/C=C3\SC(=O)N(CCOc4cccc(C)c4)C3=O)cc2OC)cc1. The van der Waals surface area contributed by atoms with Crippen LogP contribution in [0, 0.1) is 6.92 Å². The molecule has 1 fully saturated rings. The maximum absolute atomic E-state index is 12.8. The van der Waals surface area contributed by atoms with Gasteiger partial charge in [0.15, 0.2) is 11.5 Å². The van der Waals surface area contributed by atoms with Gasteiger partial charge >= 0.3 is 5.97 Å². The van der Waals surface area contributed by atoms with Crippen molar-refractivity contribution in [1.82, 2.24) is 4.90 Å². The molecule has 0 N–H and O–H groups in total. The molecule has 0 bridgehead atoms. The van der Waals surface area contributed by atoms with E-state index in [1.54, 1.807) is 55.7 Å². The fourth-order valence-electron chi connectivity index (χ4n) is 3.55. The predicted octanol–water partition coefficient (Wildman–Crippen LogP) is 5.35. The third kappa shape index (κ3) is 6.31. The fourth-order valence-corrected chi connectivity index (χ4v) is 4.41. The Labute approximate surface area is 218 Å². The highest BCUT2D eigenvalue weighted by Crippen LogP contribution is 2.34. The monoisotopic (exact) mass is 519 g/mol. The molecule has 3 aromatic rings. The lowest BCUT2D eigenvalue weighted by atomic mass is 10.1. The highest BCUT2D eigenvalue weighted by atomic mass is 32.2. The first-order chi connectivity index (χ1) is 17.9. The minimum absolute atomic E-state index is 0.138. The summed E-state index contributed by atoms with van der Waals surface area (Å²) in [7, 11) is 2.99. The van der Waals surface area contributed by atoms with E-state index < -0.39 is 11.9 Å². The third-order valence-corrected chi connectivity index (χ3v) is 6.37. The van der Waals surface area contributed by atoms with Crippen LogP contribution < -0.4 is 18.9 Å². The minimum Gasteiger partial charge on any atom is -0.497 e. The number of hydrogen-bond donors (Lipinski definition) is 0. The summed E-state index contributed by atoms with van der Waals surface area (Å²) in [5.41, 5.74) is 2.03. The molecule has 8 nitrogen and oxygen atoms in total. The van der Waals surface area contributed by atoms with E-state index in [-0.39, 0.29) is 29.0 Å². The summed E-state index contributed by atoms with van der Waals surface area (Å²) in [6.07, 6.45) is 1.60. The standard InChI is InChI=1S/C28H25NO7S/c1-18-5-4-6-22(15-18)35-14-13-29-26(30)25(37-28(29)32)17-19-7-12-23(24(16-19)34-3)36-27(31)20-8-10-21(33-2)11-9-20/h4-12,15-17H,13-14H2,1-3H3/b25-17-. The lowest BCUT2D eigenvalue weighted by Gasteiger charge is -2.13. The van der Waals surface area contributed by atoms with Crippen LogP contribution in [-0.4, -0.2) is 49.4 Å². The summed E-state index contributed by atoms with van der Waals surface area (Å²) in [6.45, 7) is 2.29. The van der Waals surface area contributed by atoms with E-state index in [1.807, 2.05) is 31.2 Å². The summed E-state index contributed by atoms with van der Waals surface area (Å²) in [4.78, 5) is 39.2. The van der Waals surface area contributed by atoms with Crippen molar-refractivity contribution < 1.29 is 33.3 Å². The first kappa shape index (κ1) is 25.8. The average Bonchev–Trinajstić information content (AvgIpc) is 3.16. The number of carbonyl (C=O) groups excluding carboxylic acids is 3. The van der Waals surface area contributed by atoms with Gasteiger partial charge in [-0.25, -0.2) is 4.79 Å². The molecule has 4 rings (SSSR count). The van der Waals surface area contributed by atoms with Crippen molar-refractivity contribution in [3.05, 3.63) is 88.3 Å². The van der Waals surface area contributed by atoms with E-state index in [1.165, 1.54) is 7.11 Å². The molecule has 9 heteroatoms. The van der Waals surface area contributed by atoms with Crippen LogP contribution in [0.25, 0.3) is 6.08 Å². The number of amides is 2. The number of benzene rings is 3. The van der Waals surface area contributed by atoms with Gasteiger partial charge in [0.2, 0.25) is 0 Å². The number of aryl methyl sites for hydroxylation is 1. The van der Waals surface area contributed by atoms with Gasteiger partial charge in [-0.2, -0.15) is 0 Å². The smallest absolute Gasteiger partial charge is 0.343 e. The molecule has 1 aliphatic heterocycles. The molecular weight excluding hydrogens is 494 g/mol. The molecule has 1 heterocycles. The van der Waals surface area contributed by atoms with E-state index in [9.17, 15) is 14.4 Å². The average molecular weight is 520 g/mol. The number of rotatable bonds is 9. The second kappa shape index (κ2) is 11.7. The summed E-state index contributed by atoms with van der Waals surface area (Å²) in [6, 6.07) is 19.0. The number of esters is 1. The highest BCUT2D eigenvalue weighted by Gasteiger charge is 2.34. The molecule has 0 radical (unpaired) electrons. The molecule has 0 spiro atoms. The Morgan fingerprint density at radius 1 is 0.919 bits per heavy atom. The molecule has 3 aromatic carbocycles. The quantitative estimate of drug-likeness (QED) is 0.212. The fraction of sp³-hybridized carbons (Fsp3) is 0.179. The van der Waals surface area contributed by atoms with Gasteiger partial charge in [0.05, 0.1) is 31.2 Å². The van der Waals surface area contributed by atoms with E-state index in [0.29, 0.717) is 28.4 Å². The molecule has 0 aromatic heterocycles. The zero-order valence-corrected chi connectivity index (χ0v) is 21.4. The highest BCUT2D eigenvalue weighted by molar-refractivity contribution is 8.18. The second-order valence-corrected chi connectivity index (χ2v) is 9.02.